The fourth-order valence-corrected chi connectivity index (χ4v) is 4.64. The minimum atomic E-state index is -4.69. The van der Waals surface area contributed by atoms with Crippen LogP contribution in [0.5, 0.6) is 0 Å². The lowest BCUT2D eigenvalue weighted by Gasteiger charge is -2.14. The third kappa shape index (κ3) is 3.36. The summed E-state index contributed by atoms with van der Waals surface area (Å²) in [7, 11) is 0. The van der Waals surface area contributed by atoms with E-state index in [1.165, 1.54) is 12.3 Å². The lowest BCUT2D eigenvalue weighted by Crippen LogP contribution is -2.09. The van der Waals surface area contributed by atoms with Crippen molar-refractivity contribution in [3.63, 3.8) is 0 Å². The molecule has 5 nitrogen and oxygen atoms in total. The Hall–Kier alpha value is -4.48. The molecule has 0 aliphatic heterocycles. The predicted molar refractivity (Wildman–Crippen MR) is 125 cm³/mol. The number of alkyl halides is 3. The first-order valence-electron chi connectivity index (χ1n) is 10.7. The molecular weight excluding hydrogens is 453 g/mol. The quantitative estimate of drug-likeness (QED) is 0.317. The summed E-state index contributed by atoms with van der Waals surface area (Å²) < 4.78 is 41.2. The van der Waals surface area contributed by atoms with E-state index in [2.05, 4.69) is 22.4 Å². The molecule has 0 fully saturated rings. The van der Waals surface area contributed by atoms with Gasteiger partial charge in [0.15, 0.2) is 0 Å². The summed E-state index contributed by atoms with van der Waals surface area (Å²) >= 11 is 0. The van der Waals surface area contributed by atoms with E-state index in [1.54, 1.807) is 6.07 Å². The van der Waals surface area contributed by atoms with Crippen molar-refractivity contribution in [3.05, 3.63) is 101 Å². The Morgan fingerprint density at radius 3 is 2.11 bits per heavy atom. The molecule has 1 aromatic heterocycles. The average molecular weight is 468 g/mol. The molecule has 0 aliphatic carbocycles. The standard InChI is InChI=1S/C27H15F3N4O/c28-27(29,30)22-12-21(9-8-19(22)13-31)34-14-23(32-33-34)26(35)20-10-17-6-4-15-2-1-3-16-5-7-18(11-20)25(17)24(15)16/h1-12,14,26,35H. The second kappa shape index (κ2) is 7.52. The van der Waals surface area contributed by atoms with Crippen LogP contribution in [0, 0.1) is 11.3 Å². The lowest BCUT2D eigenvalue weighted by molar-refractivity contribution is -0.137. The first-order chi connectivity index (χ1) is 16.8. The number of hydrogen-bond donors (Lipinski definition) is 1. The number of aromatic nitrogens is 3. The molecule has 0 bridgehead atoms. The van der Waals surface area contributed by atoms with Crippen LogP contribution in [0.1, 0.15) is 28.5 Å². The Bertz CT molecular complexity index is 1720. The van der Waals surface area contributed by atoms with Gasteiger partial charge < -0.3 is 5.11 Å². The minimum absolute atomic E-state index is 0.0813. The van der Waals surface area contributed by atoms with Crippen LogP contribution in [0.15, 0.2) is 79.0 Å². The number of rotatable bonds is 3. The van der Waals surface area contributed by atoms with E-state index in [0.29, 0.717) is 5.56 Å². The Morgan fingerprint density at radius 1 is 0.857 bits per heavy atom. The summed E-state index contributed by atoms with van der Waals surface area (Å²) in [5.74, 6) is 0. The van der Waals surface area contributed by atoms with Crippen LogP contribution in [0.25, 0.3) is 38.0 Å². The fourth-order valence-electron chi connectivity index (χ4n) is 4.64. The predicted octanol–water partition coefficient (Wildman–Crippen LogP) is 6.14. The van der Waals surface area contributed by atoms with Crippen LogP contribution in [0.3, 0.4) is 0 Å². The first kappa shape index (κ1) is 21.1. The second-order valence-corrected chi connectivity index (χ2v) is 8.38. The molecule has 170 valence electrons. The number of halogens is 3. The van der Waals surface area contributed by atoms with Gasteiger partial charge in [-0.1, -0.05) is 47.7 Å². The summed E-state index contributed by atoms with van der Waals surface area (Å²) in [4.78, 5) is 0. The van der Waals surface area contributed by atoms with E-state index in [4.69, 9.17) is 5.26 Å². The topological polar surface area (TPSA) is 74.7 Å². The van der Waals surface area contributed by atoms with Gasteiger partial charge in [0.2, 0.25) is 0 Å². The molecule has 6 aromatic rings. The lowest BCUT2D eigenvalue weighted by atomic mass is 9.91. The monoisotopic (exact) mass is 468 g/mol. The van der Waals surface area contributed by atoms with Gasteiger partial charge in [0.25, 0.3) is 0 Å². The van der Waals surface area contributed by atoms with E-state index >= 15 is 0 Å². The molecule has 0 spiro atoms. The Labute approximate surface area is 196 Å². The molecule has 0 aliphatic rings. The molecule has 1 heterocycles. The third-order valence-electron chi connectivity index (χ3n) is 6.29. The van der Waals surface area contributed by atoms with Crippen molar-refractivity contribution in [2.75, 3.05) is 0 Å². The maximum Gasteiger partial charge on any atom is 0.417 e. The average Bonchev–Trinajstić information content (AvgIpc) is 3.36. The summed E-state index contributed by atoms with van der Waals surface area (Å²) in [5, 5.41) is 34.5. The Kier molecular flexibility index (Phi) is 4.53. The zero-order chi connectivity index (χ0) is 24.3. The van der Waals surface area contributed by atoms with Gasteiger partial charge in [-0.3, -0.25) is 0 Å². The van der Waals surface area contributed by atoms with Crippen molar-refractivity contribution in [1.29, 1.82) is 5.26 Å². The van der Waals surface area contributed by atoms with Crippen LogP contribution in [-0.2, 0) is 6.18 Å². The zero-order valence-electron chi connectivity index (χ0n) is 18.0. The van der Waals surface area contributed by atoms with Crippen LogP contribution < -0.4 is 0 Å². The van der Waals surface area contributed by atoms with E-state index in [9.17, 15) is 18.3 Å². The van der Waals surface area contributed by atoms with Gasteiger partial charge in [-0.25, -0.2) is 4.68 Å². The van der Waals surface area contributed by atoms with Crippen molar-refractivity contribution in [1.82, 2.24) is 15.0 Å². The van der Waals surface area contributed by atoms with E-state index in [-0.39, 0.29) is 11.4 Å². The minimum Gasteiger partial charge on any atom is -0.382 e. The number of aliphatic hydroxyl groups is 1. The summed E-state index contributed by atoms with van der Waals surface area (Å²) in [6.07, 6.45) is -4.43. The van der Waals surface area contributed by atoms with Gasteiger partial charge in [0.1, 0.15) is 11.8 Å². The van der Waals surface area contributed by atoms with Crippen molar-refractivity contribution >= 4 is 32.3 Å². The molecule has 0 saturated heterocycles. The highest BCUT2D eigenvalue weighted by Crippen LogP contribution is 2.37. The Balaban J connectivity index is 1.41. The number of hydrogen-bond acceptors (Lipinski definition) is 4. The highest BCUT2D eigenvalue weighted by molar-refractivity contribution is 6.23. The number of aliphatic hydroxyl groups excluding tert-OH is 1. The van der Waals surface area contributed by atoms with Gasteiger partial charge in [0, 0.05) is 0 Å². The van der Waals surface area contributed by atoms with Crippen molar-refractivity contribution in [2.45, 2.75) is 12.3 Å². The van der Waals surface area contributed by atoms with Gasteiger partial charge >= 0.3 is 6.18 Å². The molecule has 5 aromatic carbocycles. The third-order valence-corrected chi connectivity index (χ3v) is 6.29. The normalized spacial score (nSPS) is 13.0. The molecular formula is C27H15F3N4O. The van der Waals surface area contributed by atoms with Gasteiger partial charge in [-0.15, -0.1) is 5.10 Å². The SMILES string of the molecule is N#Cc1ccc(-n2cc(C(O)c3cc4ccc5cccc6ccc(c3)c4c56)nn2)cc1C(F)(F)F. The molecule has 0 amide bonds. The van der Waals surface area contributed by atoms with Crippen molar-refractivity contribution in [2.24, 2.45) is 0 Å². The second-order valence-electron chi connectivity index (χ2n) is 8.38. The van der Waals surface area contributed by atoms with Gasteiger partial charge in [-0.2, -0.15) is 18.4 Å². The number of nitrogens with zero attached hydrogens (tertiary/aromatic N) is 4. The molecule has 35 heavy (non-hydrogen) atoms. The highest BCUT2D eigenvalue weighted by atomic mass is 19.4. The van der Waals surface area contributed by atoms with Gasteiger partial charge in [0.05, 0.1) is 29.1 Å². The van der Waals surface area contributed by atoms with Crippen LogP contribution in [-0.4, -0.2) is 20.1 Å². The summed E-state index contributed by atoms with van der Waals surface area (Å²) in [6, 6.07) is 22.9. The van der Waals surface area contributed by atoms with Crippen molar-refractivity contribution < 1.29 is 18.3 Å². The molecule has 1 N–H and O–H groups in total. The van der Waals surface area contributed by atoms with Crippen LogP contribution in [0.4, 0.5) is 13.2 Å². The van der Waals surface area contributed by atoms with E-state index in [1.807, 2.05) is 42.5 Å². The smallest absolute Gasteiger partial charge is 0.382 e. The maximum absolute atomic E-state index is 13.3. The van der Waals surface area contributed by atoms with E-state index < -0.39 is 23.4 Å². The molecule has 6 rings (SSSR count). The fraction of sp³-hybridized carbons (Fsp3) is 0.0741. The van der Waals surface area contributed by atoms with Crippen molar-refractivity contribution in [3.8, 4) is 11.8 Å². The Morgan fingerprint density at radius 2 is 1.49 bits per heavy atom. The molecule has 1 atom stereocenters. The van der Waals surface area contributed by atoms with Gasteiger partial charge in [-0.05, 0) is 68.2 Å². The first-order valence-corrected chi connectivity index (χ1v) is 10.7. The molecule has 1 unspecified atom stereocenters. The largest absolute Gasteiger partial charge is 0.417 e. The summed E-state index contributed by atoms with van der Waals surface area (Å²) in [5.41, 5.74) is -0.662. The number of nitriles is 1. The molecule has 8 heteroatoms. The summed E-state index contributed by atoms with van der Waals surface area (Å²) in [6.45, 7) is 0. The zero-order valence-corrected chi connectivity index (χ0v) is 18.0. The van der Waals surface area contributed by atoms with Crippen LogP contribution in [0.2, 0.25) is 0 Å². The highest BCUT2D eigenvalue weighted by Gasteiger charge is 2.34. The number of benzene rings is 5. The molecule has 0 saturated carbocycles. The maximum atomic E-state index is 13.3. The van der Waals surface area contributed by atoms with Crippen LogP contribution >= 0.6 is 0 Å². The molecule has 0 radical (unpaired) electrons. The van der Waals surface area contributed by atoms with E-state index in [0.717, 1.165) is 49.1 Å².